The van der Waals surface area contributed by atoms with E-state index in [1.54, 1.807) is 0 Å². The summed E-state index contributed by atoms with van der Waals surface area (Å²) in [7, 11) is -3.85. The molecule has 114 valence electrons. The number of carbonyl (C=O) groups is 1. The molecular formula is C11H14N4O5S. The molecule has 1 aliphatic rings. The van der Waals surface area contributed by atoms with E-state index in [4.69, 9.17) is 5.73 Å². The van der Waals surface area contributed by atoms with Gasteiger partial charge in [-0.25, -0.2) is 13.1 Å². The van der Waals surface area contributed by atoms with Crippen LogP contribution in [-0.2, 0) is 14.8 Å². The zero-order valence-electron chi connectivity index (χ0n) is 10.9. The Morgan fingerprint density at radius 1 is 1.43 bits per heavy atom. The number of nitro groups is 1. The Labute approximate surface area is 120 Å². The smallest absolute Gasteiger partial charge is 0.292 e. The molecule has 1 saturated heterocycles. The topological polar surface area (TPSA) is 144 Å². The second-order valence-corrected chi connectivity index (χ2v) is 6.35. The van der Waals surface area contributed by atoms with E-state index in [0.717, 1.165) is 18.2 Å². The highest BCUT2D eigenvalue weighted by Gasteiger charge is 2.25. The number of anilines is 1. The van der Waals surface area contributed by atoms with Crippen molar-refractivity contribution in [3.8, 4) is 0 Å². The number of sulfonamides is 1. The zero-order chi connectivity index (χ0) is 15.6. The zero-order valence-corrected chi connectivity index (χ0v) is 11.7. The van der Waals surface area contributed by atoms with Gasteiger partial charge >= 0.3 is 0 Å². The molecule has 0 bridgehead atoms. The lowest BCUT2D eigenvalue weighted by molar-refractivity contribution is -0.383. The molecule has 1 heterocycles. The van der Waals surface area contributed by atoms with Crippen LogP contribution >= 0.6 is 0 Å². The molecule has 0 radical (unpaired) electrons. The molecule has 1 unspecified atom stereocenters. The SMILES string of the molecule is Nc1cc(S(=O)(=O)NC2CCC(=O)NC2)ccc1[N+](=O)[O-]. The van der Waals surface area contributed by atoms with Crippen molar-refractivity contribution in [2.24, 2.45) is 0 Å². The Morgan fingerprint density at radius 2 is 2.14 bits per heavy atom. The fourth-order valence-corrected chi connectivity index (χ4v) is 3.29. The van der Waals surface area contributed by atoms with Gasteiger partial charge in [-0.3, -0.25) is 14.9 Å². The van der Waals surface area contributed by atoms with Crippen LogP contribution in [-0.4, -0.2) is 31.8 Å². The van der Waals surface area contributed by atoms with Gasteiger partial charge < -0.3 is 11.1 Å². The van der Waals surface area contributed by atoms with Crippen LogP contribution < -0.4 is 15.8 Å². The van der Waals surface area contributed by atoms with E-state index in [1.807, 2.05) is 0 Å². The van der Waals surface area contributed by atoms with Gasteiger partial charge in [-0.15, -0.1) is 0 Å². The first kappa shape index (κ1) is 15.2. The van der Waals surface area contributed by atoms with Crippen LogP contribution in [0.2, 0.25) is 0 Å². The summed E-state index contributed by atoms with van der Waals surface area (Å²) in [5, 5.41) is 13.2. The first-order chi connectivity index (χ1) is 9.79. The number of nitrogen functional groups attached to an aromatic ring is 1. The molecule has 1 fully saturated rings. The van der Waals surface area contributed by atoms with Crippen LogP contribution in [0.3, 0.4) is 0 Å². The lowest BCUT2D eigenvalue weighted by Crippen LogP contribution is -2.47. The molecule has 1 atom stereocenters. The largest absolute Gasteiger partial charge is 0.393 e. The Bertz CT molecular complexity index is 678. The van der Waals surface area contributed by atoms with Crippen LogP contribution in [0.1, 0.15) is 12.8 Å². The third-order valence-corrected chi connectivity index (χ3v) is 4.61. The Hall–Kier alpha value is -2.20. The van der Waals surface area contributed by atoms with Gasteiger partial charge in [-0.05, 0) is 18.6 Å². The van der Waals surface area contributed by atoms with Crippen LogP contribution in [0.4, 0.5) is 11.4 Å². The number of benzene rings is 1. The van der Waals surface area contributed by atoms with Crippen molar-refractivity contribution >= 4 is 27.3 Å². The number of nitro benzene ring substituents is 1. The molecular weight excluding hydrogens is 300 g/mol. The minimum absolute atomic E-state index is 0.120. The molecule has 21 heavy (non-hydrogen) atoms. The van der Waals surface area contributed by atoms with Gasteiger partial charge in [0.1, 0.15) is 5.69 Å². The van der Waals surface area contributed by atoms with Gasteiger partial charge in [0, 0.05) is 25.1 Å². The number of hydrogen-bond acceptors (Lipinski definition) is 6. The summed E-state index contributed by atoms with van der Waals surface area (Å²) >= 11 is 0. The van der Waals surface area contributed by atoms with Crippen molar-refractivity contribution in [3.63, 3.8) is 0 Å². The van der Waals surface area contributed by atoms with Crippen LogP contribution in [0.5, 0.6) is 0 Å². The second-order valence-electron chi connectivity index (χ2n) is 4.64. The van der Waals surface area contributed by atoms with Gasteiger partial charge in [-0.1, -0.05) is 0 Å². The number of hydrogen-bond donors (Lipinski definition) is 3. The number of piperidine rings is 1. The standard InChI is InChI=1S/C11H14N4O5S/c12-9-5-8(2-3-10(9)15(17)18)21(19,20)14-7-1-4-11(16)13-6-7/h2-3,5,7,14H,1,4,6,12H2,(H,13,16). The second kappa shape index (κ2) is 5.66. The number of carbonyl (C=O) groups excluding carboxylic acids is 1. The monoisotopic (exact) mass is 314 g/mol. The molecule has 0 saturated carbocycles. The summed E-state index contributed by atoms with van der Waals surface area (Å²) in [4.78, 5) is 20.8. The van der Waals surface area contributed by atoms with Crippen LogP contribution in [0, 0.1) is 10.1 Å². The number of amides is 1. The molecule has 1 aliphatic heterocycles. The molecule has 4 N–H and O–H groups in total. The maximum absolute atomic E-state index is 12.2. The normalized spacial score (nSPS) is 19.0. The first-order valence-corrected chi connectivity index (χ1v) is 7.61. The highest BCUT2D eigenvalue weighted by atomic mass is 32.2. The predicted octanol–water partition coefficient (Wildman–Crippen LogP) is -0.266. The molecule has 0 spiro atoms. The highest BCUT2D eigenvalue weighted by molar-refractivity contribution is 7.89. The van der Waals surface area contributed by atoms with Gasteiger partial charge in [0.25, 0.3) is 5.69 Å². The van der Waals surface area contributed by atoms with E-state index >= 15 is 0 Å². The summed E-state index contributed by atoms with van der Waals surface area (Å²) in [5.41, 5.74) is 4.91. The van der Waals surface area contributed by atoms with Gasteiger partial charge in [0.05, 0.1) is 9.82 Å². The summed E-state index contributed by atoms with van der Waals surface area (Å²) in [6, 6.07) is 2.80. The molecule has 2 rings (SSSR count). The van der Waals surface area contributed by atoms with E-state index < -0.39 is 21.0 Å². The Balaban J connectivity index is 2.18. The quantitative estimate of drug-likeness (QED) is 0.396. The van der Waals surface area contributed by atoms with Crippen molar-refractivity contribution < 1.29 is 18.1 Å². The minimum atomic E-state index is -3.85. The van der Waals surface area contributed by atoms with E-state index in [0.29, 0.717) is 6.42 Å². The summed E-state index contributed by atoms with van der Waals surface area (Å²) in [5.74, 6) is -0.120. The van der Waals surface area contributed by atoms with Crippen molar-refractivity contribution in [3.05, 3.63) is 28.3 Å². The Kier molecular flexibility index (Phi) is 4.09. The predicted molar refractivity (Wildman–Crippen MR) is 73.9 cm³/mol. The lowest BCUT2D eigenvalue weighted by Gasteiger charge is -2.23. The molecule has 0 aromatic heterocycles. The van der Waals surface area contributed by atoms with Crippen molar-refractivity contribution in [2.75, 3.05) is 12.3 Å². The minimum Gasteiger partial charge on any atom is -0.393 e. The third-order valence-electron chi connectivity index (χ3n) is 3.09. The van der Waals surface area contributed by atoms with Crippen molar-refractivity contribution in [2.45, 2.75) is 23.8 Å². The van der Waals surface area contributed by atoms with Gasteiger partial charge in [-0.2, -0.15) is 0 Å². The van der Waals surface area contributed by atoms with Crippen molar-refractivity contribution in [1.82, 2.24) is 10.0 Å². The highest BCUT2D eigenvalue weighted by Crippen LogP contribution is 2.24. The molecule has 0 aliphatic carbocycles. The number of nitrogens with one attached hydrogen (secondary N) is 2. The number of nitrogens with two attached hydrogens (primary N) is 1. The van der Waals surface area contributed by atoms with Crippen LogP contribution in [0.15, 0.2) is 23.1 Å². The van der Waals surface area contributed by atoms with E-state index in [-0.39, 0.29) is 35.1 Å². The molecule has 9 nitrogen and oxygen atoms in total. The Morgan fingerprint density at radius 3 is 2.67 bits per heavy atom. The molecule has 1 aromatic carbocycles. The average Bonchev–Trinajstić information content (AvgIpc) is 2.40. The molecule has 1 aromatic rings. The summed E-state index contributed by atoms with van der Waals surface area (Å²) < 4.78 is 26.8. The fraction of sp³-hybridized carbons (Fsp3) is 0.364. The van der Waals surface area contributed by atoms with E-state index in [9.17, 15) is 23.3 Å². The summed E-state index contributed by atoms with van der Waals surface area (Å²) in [6.07, 6.45) is 0.642. The third kappa shape index (κ3) is 3.47. The average molecular weight is 314 g/mol. The maximum Gasteiger partial charge on any atom is 0.292 e. The maximum atomic E-state index is 12.2. The number of nitrogens with zero attached hydrogens (tertiary/aromatic N) is 1. The first-order valence-electron chi connectivity index (χ1n) is 6.12. The lowest BCUT2D eigenvalue weighted by atomic mass is 10.1. The van der Waals surface area contributed by atoms with E-state index in [1.165, 1.54) is 0 Å². The van der Waals surface area contributed by atoms with Crippen molar-refractivity contribution in [1.29, 1.82) is 0 Å². The molecule has 10 heteroatoms. The molecule has 1 amide bonds. The van der Waals surface area contributed by atoms with Gasteiger partial charge in [0.2, 0.25) is 15.9 Å². The fourth-order valence-electron chi connectivity index (χ4n) is 1.99. The van der Waals surface area contributed by atoms with E-state index in [2.05, 4.69) is 10.0 Å². The summed E-state index contributed by atoms with van der Waals surface area (Å²) in [6.45, 7) is 0.209. The van der Waals surface area contributed by atoms with Gasteiger partial charge in [0.15, 0.2) is 0 Å². The van der Waals surface area contributed by atoms with Crippen LogP contribution in [0.25, 0.3) is 0 Å². The number of rotatable bonds is 4.